The summed E-state index contributed by atoms with van der Waals surface area (Å²) in [5.41, 5.74) is 1.04. The molecule has 0 saturated carbocycles. The van der Waals surface area contributed by atoms with E-state index in [1.807, 2.05) is 30.3 Å². The van der Waals surface area contributed by atoms with Gasteiger partial charge >= 0.3 is 12.0 Å². The Labute approximate surface area is 128 Å². The zero-order chi connectivity index (χ0) is 15.9. The van der Waals surface area contributed by atoms with E-state index >= 15 is 0 Å². The summed E-state index contributed by atoms with van der Waals surface area (Å²) in [6.45, 7) is 1.15. The molecule has 1 aliphatic heterocycles. The summed E-state index contributed by atoms with van der Waals surface area (Å²) in [4.78, 5) is 35.9. The van der Waals surface area contributed by atoms with Gasteiger partial charge in [-0.3, -0.25) is 9.59 Å². The van der Waals surface area contributed by atoms with Crippen LogP contribution in [0.15, 0.2) is 30.3 Å². The van der Waals surface area contributed by atoms with Crippen molar-refractivity contribution in [2.45, 2.75) is 25.4 Å². The summed E-state index contributed by atoms with van der Waals surface area (Å²) in [6, 6.07) is 8.60. The minimum absolute atomic E-state index is 0.0375. The molecular weight excluding hydrogens is 286 g/mol. The lowest BCUT2D eigenvalue weighted by atomic mass is 10.2. The molecule has 118 valence electrons. The van der Waals surface area contributed by atoms with E-state index in [0.29, 0.717) is 19.5 Å². The van der Waals surface area contributed by atoms with Crippen LogP contribution in [0.3, 0.4) is 0 Å². The minimum atomic E-state index is -0.980. The van der Waals surface area contributed by atoms with E-state index in [2.05, 4.69) is 10.6 Å². The number of amides is 3. The van der Waals surface area contributed by atoms with Gasteiger partial charge in [-0.1, -0.05) is 30.3 Å². The maximum Gasteiger partial charge on any atom is 0.315 e. The summed E-state index contributed by atoms with van der Waals surface area (Å²) >= 11 is 0. The number of hydrogen-bond acceptors (Lipinski definition) is 3. The number of urea groups is 1. The Morgan fingerprint density at radius 2 is 2.00 bits per heavy atom. The van der Waals surface area contributed by atoms with Crippen molar-refractivity contribution in [1.82, 2.24) is 15.5 Å². The van der Waals surface area contributed by atoms with Crippen LogP contribution in [-0.4, -0.2) is 47.0 Å². The molecule has 0 aliphatic carbocycles. The SMILES string of the molecule is O=C(O)CCNC(=O)NC1CCN(Cc2ccccc2)C1=O. The molecule has 0 bridgehead atoms. The zero-order valence-corrected chi connectivity index (χ0v) is 12.1. The number of carbonyl (C=O) groups excluding carboxylic acids is 2. The van der Waals surface area contributed by atoms with Gasteiger partial charge in [0.2, 0.25) is 5.91 Å². The van der Waals surface area contributed by atoms with Gasteiger partial charge in [0.1, 0.15) is 6.04 Å². The van der Waals surface area contributed by atoms with Crippen LogP contribution in [-0.2, 0) is 16.1 Å². The Kier molecular flexibility index (Phi) is 5.35. The monoisotopic (exact) mass is 305 g/mol. The second-order valence-electron chi connectivity index (χ2n) is 5.13. The van der Waals surface area contributed by atoms with Crippen LogP contribution in [0.25, 0.3) is 0 Å². The Bertz CT molecular complexity index is 547. The van der Waals surface area contributed by atoms with E-state index in [1.165, 1.54) is 0 Å². The lowest BCUT2D eigenvalue weighted by Crippen LogP contribution is -2.46. The Balaban J connectivity index is 1.78. The van der Waals surface area contributed by atoms with E-state index < -0.39 is 18.0 Å². The molecule has 7 heteroatoms. The fraction of sp³-hybridized carbons (Fsp3) is 0.400. The molecule has 1 aromatic carbocycles. The molecule has 3 amide bonds. The van der Waals surface area contributed by atoms with Crippen molar-refractivity contribution in [3.63, 3.8) is 0 Å². The fourth-order valence-electron chi connectivity index (χ4n) is 2.33. The molecule has 0 spiro atoms. The van der Waals surface area contributed by atoms with Crippen molar-refractivity contribution in [2.24, 2.45) is 0 Å². The highest BCUT2D eigenvalue weighted by Crippen LogP contribution is 2.14. The van der Waals surface area contributed by atoms with Crippen LogP contribution >= 0.6 is 0 Å². The number of carboxylic acid groups (broad SMARTS) is 1. The van der Waals surface area contributed by atoms with Crippen LogP contribution in [0.1, 0.15) is 18.4 Å². The molecular formula is C15H19N3O4. The standard InChI is InChI=1S/C15H19N3O4/c19-13(20)6-8-16-15(22)17-12-7-9-18(14(12)21)10-11-4-2-1-3-5-11/h1-5,12H,6-10H2,(H,19,20)(H2,16,17,22). The first-order valence-corrected chi connectivity index (χ1v) is 7.15. The minimum Gasteiger partial charge on any atom is -0.481 e. The molecule has 7 nitrogen and oxygen atoms in total. The molecule has 22 heavy (non-hydrogen) atoms. The first-order chi connectivity index (χ1) is 10.6. The van der Waals surface area contributed by atoms with Gasteiger partial charge in [-0.05, 0) is 12.0 Å². The summed E-state index contributed by atoms with van der Waals surface area (Å²) in [5.74, 6) is -1.09. The number of nitrogens with one attached hydrogen (secondary N) is 2. The third-order valence-corrected chi connectivity index (χ3v) is 3.44. The molecule has 0 aromatic heterocycles. The number of aliphatic carboxylic acids is 1. The number of carboxylic acids is 1. The van der Waals surface area contributed by atoms with E-state index in [-0.39, 0.29) is 18.9 Å². The Hall–Kier alpha value is -2.57. The van der Waals surface area contributed by atoms with Crippen LogP contribution in [0.2, 0.25) is 0 Å². The van der Waals surface area contributed by atoms with Gasteiger partial charge in [0.05, 0.1) is 6.42 Å². The highest BCUT2D eigenvalue weighted by molar-refractivity contribution is 5.88. The average Bonchev–Trinajstić information content (AvgIpc) is 2.81. The van der Waals surface area contributed by atoms with E-state index in [0.717, 1.165) is 5.56 Å². The molecule has 1 fully saturated rings. The first-order valence-electron chi connectivity index (χ1n) is 7.15. The van der Waals surface area contributed by atoms with Gasteiger partial charge in [0, 0.05) is 19.6 Å². The van der Waals surface area contributed by atoms with Crippen molar-refractivity contribution >= 4 is 17.9 Å². The summed E-state index contributed by atoms with van der Waals surface area (Å²) in [6.07, 6.45) is 0.407. The molecule has 1 atom stereocenters. The third-order valence-electron chi connectivity index (χ3n) is 3.44. The number of rotatable bonds is 6. The van der Waals surface area contributed by atoms with Gasteiger partial charge in [0.15, 0.2) is 0 Å². The van der Waals surface area contributed by atoms with Crippen LogP contribution in [0.4, 0.5) is 4.79 Å². The van der Waals surface area contributed by atoms with Gasteiger partial charge in [0.25, 0.3) is 0 Å². The quantitative estimate of drug-likeness (QED) is 0.715. The number of nitrogens with zero attached hydrogens (tertiary/aromatic N) is 1. The van der Waals surface area contributed by atoms with Crippen molar-refractivity contribution in [2.75, 3.05) is 13.1 Å². The maximum absolute atomic E-state index is 12.2. The summed E-state index contributed by atoms with van der Waals surface area (Å²) in [5, 5.41) is 13.5. The predicted octanol–water partition coefficient (Wildman–Crippen LogP) is 0.561. The topological polar surface area (TPSA) is 98.7 Å². The lowest BCUT2D eigenvalue weighted by molar-refractivity contribution is -0.136. The first kappa shape index (κ1) is 15.8. The Morgan fingerprint density at radius 3 is 2.68 bits per heavy atom. The number of likely N-dealkylation sites (tertiary alicyclic amines) is 1. The maximum atomic E-state index is 12.2. The highest BCUT2D eigenvalue weighted by Gasteiger charge is 2.32. The van der Waals surface area contributed by atoms with E-state index in [9.17, 15) is 14.4 Å². The molecule has 1 saturated heterocycles. The second kappa shape index (κ2) is 7.44. The van der Waals surface area contributed by atoms with Crippen LogP contribution < -0.4 is 10.6 Å². The van der Waals surface area contributed by atoms with Gasteiger partial charge in [-0.15, -0.1) is 0 Å². The molecule has 1 aliphatic rings. The molecule has 0 radical (unpaired) electrons. The second-order valence-corrected chi connectivity index (χ2v) is 5.13. The summed E-state index contributed by atoms with van der Waals surface area (Å²) in [7, 11) is 0. The highest BCUT2D eigenvalue weighted by atomic mass is 16.4. The van der Waals surface area contributed by atoms with Crippen molar-refractivity contribution in [1.29, 1.82) is 0 Å². The van der Waals surface area contributed by atoms with Crippen molar-refractivity contribution in [3.05, 3.63) is 35.9 Å². The summed E-state index contributed by atoms with van der Waals surface area (Å²) < 4.78 is 0. The number of carbonyl (C=O) groups is 3. The number of benzene rings is 1. The normalized spacial score (nSPS) is 17.4. The van der Waals surface area contributed by atoms with Gasteiger partial charge in [-0.25, -0.2) is 4.79 Å². The lowest BCUT2D eigenvalue weighted by Gasteiger charge is -2.17. The smallest absolute Gasteiger partial charge is 0.315 e. The Morgan fingerprint density at radius 1 is 1.27 bits per heavy atom. The molecule has 1 unspecified atom stereocenters. The largest absolute Gasteiger partial charge is 0.481 e. The van der Waals surface area contributed by atoms with Crippen LogP contribution in [0, 0.1) is 0 Å². The van der Waals surface area contributed by atoms with E-state index in [1.54, 1.807) is 4.90 Å². The van der Waals surface area contributed by atoms with Gasteiger partial charge in [-0.2, -0.15) is 0 Å². The van der Waals surface area contributed by atoms with Crippen molar-refractivity contribution < 1.29 is 19.5 Å². The molecule has 3 N–H and O–H groups in total. The average molecular weight is 305 g/mol. The molecule has 2 rings (SSSR count). The third kappa shape index (κ3) is 4.47. The molecule has 1 aromatic rings. The van der Waals surface area contributed by atoms with Crippen LogP contribution in [0.5, 0.6) is 0 Å². The molecule has 1 heterocycles. The fourth-order valence-corrected chi connectivity index (χ4v) is 2.33. The van der Waals surface area contributed by atoms with E-state index in [4.69, 9.17) is 5.11 Å². The predicted molar refractivity (Wildman–Crippen MR) is 79.1 cm³/mol. The van der Waals surface area contributed by atoms with Crippen molar-refractivity contribution in [3.8, 4) is 0 Å². The zero-order valence-electron chi connectivity index (χ0n) is 12.1. The number of hydrogen-bond donors (Lipinski definition) is 3. The van der Waals surface area contributed by atoms with Gasteiger partial charge < -0.3 is 20.6 Å².